The molecule has 2 aliphatic heterocycles. The second kappa shape index (κ2) is 3.32. The molecule has 0 aromatic carbocycles. The van der Waals surface area contributed by atoms with E-state index in [0.717, 1.165) is 19.3 Å². The lowest BCUT2D eigenvalue weighted by Crippen LogP contribution is -2.58. The van der Waals surface area contributed by atoms with Crippen LogP contribution in [0.4, 0.5) is 0 Å². The number of ether oxygens (including phenoxy) is 1. The van der Waals surface area contributed by atoms with Crippen LogP contribution in [0.25, 0.3) is 0 Å². The molecule has 2 rings (SSSR count). The van der Waals surface area contributed by atoms with Gasteiger partial charge in [-0.15, -0.1) is 0 Å². The molecular formula is C9H18N2O. The summed E-state index contributed by atoms with van der Waals surface area (Å²) in [6.07, 6.45) is 0. The van der Waals surface area contributed by atoms with Crippen LogP contribution in [0.3, 0.4) is 0 Å². The molecule has 3 heteroatoms. The molecule has 0 radical (unpaired) electrons. The van der Waals surface area contributed by atoms with Crippen LogP contribution in [0.5, 0.6) is 0 Å². The molecule has 2 heterocycles. The number of hydrogen-bond donors (Lipinski definition) is 0. The second-order valence-corrected chi connectivity index (χ2v) is 4.02. The lowest BCUT2D eigenvalue weighted by Gasteiger charge is -2.44. The van der Waals surface area contributed by atoms with Crippen molar-refractivity contribution >= 4 is 0 Å². The van der Waals surface area contributed by atoms with Crippen LogP contribution in [-0.4, -0.2) is 61.8 Å². The summed E-state index contributed by atoms with van der Waals surface area (Å²) < 4.78 is 5.19. The summed E-state index contributed by atoms with van der Waals surface area (Å²) in [5, 5.41) is 0. The zero-order valence-electron chi connectivity index (χ0n) is 7.99. The summed E-state index contributed by atoms with van der Waals surface area (Å²) in [6.45, 7) is 7.84. The minimum absolute atomic E-state index is 0.708. The van der Waals surface area contributed by atoms with Gasteiger partial charge in [-0.25, -0.2) is 0 Å². The lowest BCUT2D eigenvalue weighted by molar-refractivity contribution is -0.0822. The topological polar surface area (TPSA) is 15.7 Å². The predicted octanol–water partition coefficient (Wildman–Crippen LogP) is 0.0211. The van der Waals surface area contributed by atoms with E-state index in [1.165, 1.54) is 19.6 Å². The van der Waals surface area contributed by atoms with E-state index in [9.17, 15) is 0 Å². The minimum Gasteiger partial charge on any atom is -0.378 e. The molecule has 0 amide bonds. The summed E-state index contributed by atoms with van der Waals surface area (Å²) >= 11 is 0. The number of likely N-dealkylation sites (N-methyl/N-ethyl adjacent to an activating group) is 1. The molecule has 0 bridgehead atoms. The Labute approximate surface area is 74.3 Å². The van der Waals surface area contributed by atoms with Crippen molar-refractivity contribution in [1.29, 1.82) is 0 Å². The first-order valence-corrected chi connectivity index (χ1v) is 4.79. The zero-order chi connectivity index (χ0) is 8.55. The largest absolute Gasteiger partial charge is 0.378 e. The van der Waals surface area contributed by atoms with Crippen molar-refractivity contribution in [3.05, 3.63) is 0 Å². The highest BCUT2D eigenvalue weighted by atomic mass is 16.5. The van der Waals surface area contributed by atoms with Crippen LogP contribution >= 0.6 is 0 Å². The molecule has 2 aliphatic rings. The normalized spacial score (nSPS) is 35.0. The average molecular weight is 170 g/mol. The maximum atomic E-state index is 5.19. The van der Waals surface area contributed by atoms with Gasteiger partial charge >= 0.3 is 0 Å². The highest BCUT2D eigenvalue weighted by Crippen LogP contribution is 2.15. The monoisotopic (exact) mass is 170 g/mol. The van der Waals surface area contributed by atoms with Gasteiger partial charge in [0, 0.05) is 25.7 Å². The smallest absolute Gasteiger partial charge is 0.0645 e. The second-order valence-electron chi connectivity index (χ2n) is 4.02. The molecule has 0 aliphatic carbocycles. The SMILES string of the molecule is CC1CN(C2COC2)CCN1C. The summed E-state index contributed by atoms with van der Waals surface area (Å²) in [7, 11) is 2.21. The van der Waals surface area contributed by atoms with Gasteiger partial charge in [-0.1, -0.05) is 0 Å². The van der Waals surface area contributed by atoms with Crippen LogP contribution < -0.4 is 0 Å². The fourth-order valence-corrected chi connectivity index (χ4v) is 1.84. The standard InChI is InChI=1S/C9H18N2O/c1-8-5-11(4-3-10(8)2)9-6-12-7-9/h8-9H,3-7H2,1-2H3. The van der Waals surface area contributed by atoms with E-state index >= 15 is 0 Å². The van der Waals surface area contributed by atoms with Crippen LogP contribution in [0.2, 0.25) is 0 Å². The molecule has 2 saturated heterocycles. The molecule has 0 N–H and O–H groups in total. The summed E-state index contributed by atoms with van der Waals surface area (Å²) in [4.78, 5) is 4.99. The Bertz CT molecular complexity index is 159. The number of hydrogen-bond acceptors (Lipinski definition) is 3. The maximum Gasteiger partial charge on any atom is 0.0645 e. The molecule has 2 fully saturated rings. The zero-order valence-corrected chi connectivity index (χ0v) is 7.99. The van der Waals surface area contributed by atoms with Gasteiger partial charge in [0.25, 0.3) is 0 Å². The van der Waals surface area contributed by atoms with Crippen LogP contribution in [0.15, 0.2) is 0 Å². The fourth-order valence-electron chi connectivity index (χ4n) is 1.84. The molecule has 1 unspecified atom stereocenters. The van der Waals surface area contributed by atoms with Crippen LogP contribution in [-0.2, 0) is 4.74 Å². The van der Waals surface area contributed by atoms with Gasteiger partial charge in [0.2, 0.25) is 0 Å². The summed E-state index contributed by atoms with van der Waals surface area (Å²) in [5.41, 5.74) is 0. The first kappa shape index (κ1) is 8.48. The van der Waals surface area contributed by atoms with Crippen LogP contribution in [0, 0.1) is 0 Å². The van der Waals surface area contributed by atoms with Gasteiger partial charge in [0.1, 0.15) is 0 Å². The molecule has 3 nitrogen and oxygen atoms in total. The molecule has 0 spiro atoms. The van der Waals surface area contributed by atoms with Gasteiger partial charge in [-0.05, 0) is 14.0 Å². The number of nitrogens with zero attached hydrogens (tertiary/aromatic N) is 2. The molecule has 0 saturated carbocycles. The maximum absolute atomic E-state index is 5.19. The quantitative estimate of drug-likeness (QED) is 0.552. The van der Waals surface area contributed by atoms with E-state index in [4.69, 9.17) is 4.74 Å². The van der Waals surface area contributed by atoms with E-state index in [2.05, 4.69) is 23.8 Å². The molecule has 0 aromatic heterocycles. The molecular weight excluding hydrogens is 152 g/mol. The molecule has 1 atom stereocenters. The van der Waals surface area contributed by atoms with E-state index in [1.807, 2.05) is 0 Å². The molecule has 12 heavy (non-hydrogen) atoms. The van der Waals surface area contributed by atoms with Crippen molar-refractivity contribution in [2.24, 2.45) is 0 Å². The Morgan fingerprint density at radius 3 is 2.50 bits per heavy atom. The first-order valence-electron chi connectivity index (χ1n) is 4.79. The van der Waals surface area contributed by atoms with Gasteiger partial charge in [-0.2, -0.15) is 0 Å². The van der Waals surface area contributed by atoms with Crippen molar-refractivity contribution in [1.82, 2.24) is 9.80 Å². The van der Waals surface area contributed by atoms with Crippen molar-refractivity contribution in [3.8, 4) is 0 Å². The van der Waals surface area contributed by atoms with E-state index < -0.39 is 0 Å². The minimum atomic E-state index is 0.708. The number of piperazine rings is 1. The Morgan fingerprint density at radius 2 is 2.00 bits per heavy atom. The summed E-state index contributed by atoms with van der Waals surface area (Å²) in [5.74, 6) is 0. The Kier molecular flexibility index (Phi) is 2.35. The van der Waals surface area contributed by atoms with Gasteiger partial charge < -0.3 is 9.64 Å². The lowest BCUT2D eigenvalue weighted by atomic mass is 10.1. The van der Waals surface area contributed by atoms with E-state index in [0.29, 0.717) is 6.04 Å². The third-order valence-corrected chi connectivity index (χ3v) is 3.13. The predicted molar refractivity (Wildman–Crippen MR) is 48.3 cm³/mol. The summed E-state index contributed by atoms with van der Waals surface area (Å²) in [6, 6.07) is 1.43. The van der Waals surface area contributed by atoms with Gasteiger partial charge in [0.15, 0.2) is 0 Å². The third-order valence-electron chi connectivity index (χ3n) is 3.13. The highest BCUT2D eigenvalue weighted by Gasteiger charge is 2.30. The first-order chi connectivity index (χ1) is 5.77. The van der Waals surface area contributed by atoms with E-state index in [-0.39, 0.29) is 0 Å². The van der Waals surface area contributed by atoms with Crippen LogP contribution in [0.1, 0.15) is 6.92 Å². The highest BCUT2D eigenvalue weighted by molar-refractivity contribution is 4.84. The van der Waals surface area contributed by atoms with Crippen molar-refractivity contribution in [2.45, 2.75) is 19.0 Å². The van der Waals surface area contributed by atoms with Gasteiger partial charge in [-0.3, -0.25) is 4.90 Å². The van der Waals surface area contributed by atoms with Crippen molar-refractivity contribution < 1.29 is 4.74 Å². The van der Waals surface area contributed by atoms with Crippen molar-refractivity contribution in [3.63, 3.8) is 0 Å². The average Bonchev–Trinajstić information content (AvgIpc) is 1.93. The Hall–Kier alpha value is -0.120. The van der Waals surface area contributed by atoms with E-state index in [1.54, 1.807) is 0 Å². The number of rotatable bonds is 1. The molecule has 70 valence electrons. The molecule has 0 aromatic rings. The fraction of sp³-hybridized carbons (Fsp3) is 1.00. The Balaban J connectivity index is 1.84. The Morgan fingerprint density at radius 1 is 1.25 bits per heavy atom. The van der Waals surface area contributed by atoms with Gasteiger partial charge in [0.05, 0.1) is 19.3 Å². The third kappa shape index (κ3) is 1.49. The van der Waals surface area contributed by atoms with Crippen molar-refractivity contribution in [2.75, 3.05) is 39.9 Å².